The molecule has 1 aliphatic heterocycles. The summed E-state index contributed by atoms with van der Waals surface area (Å²) in [5.74, 6) is -0.0125. The first-order valence-corrected chi connectivity index (χ1v) is 11.2. The summed E-state index contributed by atoms with van der Waals surface area (Å²) in [7, 11) is 0. The summed E-state index contributed by atoms with van der Waals surface area (Å²) in [6.07, 6.45) is 0.0621. The van der Waals surface area contributed by atoms with Crippen LogP contribution >= 0.6 is 11.6 Å². The lowest BCUT2D eigenvalue weighted by Gasteiger charge is -2.16. The Bertz CT molecular complexity index is 1210. The Hall–Kier alpha value is -3.57. The monoisotopic (exact) mass is 460 g/mol. The highest BCUT2D eigenvalue weighted by Crippen LogP contribution is 2.33. The van der Waals surface area contributed by atoms with E-state index in [-0.39, 0.29) is 24.3 Å². The number of carbonyl (C=O) groups excluding carboxylic acids is 2. The summed E-state index contributed by atoms with van der Waals surface area (Å²) < 4.78 is 5.69. The van der Waals surface area contributed by atoms with Crippen LogP contribution in [0.2, 0.25) is 5.02 Å². The van der Waals surface area contributed by atoms with Gasteiger partial charge in [-0.25, -0.2) is 0 Å². The molecule has 0 unspecified atom stereocenters. The molecule has 4 rings (SSSR count). The van der Waals surface area contributed by atoms with Crippen molar-refractivity contribution in [3.05, 3.63) is 100 Å². The van der Waals surface area contributed by atoms with E-state index in [1.54, 1.807) is 6.07 Å². The zero-order chi connectivity index (χ0) is 23.5. The Morgan fingerprint density at radius 1 is 0.909 bits per heavy atom. The average Bonchev–Trinajstić information content (AvgIpc) is 3.01. The number of nitrogens with zero attached hydrogens (tertiary/aromatic N) is 1. The molecule has 0 atom stereocenters. The van der Waals surface area contributed by atoms with Crippen LogP contribution in [-0.2, 0) is 16.1 Å². The first-order valence-electron chi connectivity index (χ1n) is 10.8. The summed E-state index contributed by atoms with van der Waals surface area (Å²) >= 11 is 6.30. The number of aryl methyl sites for hydroxylation is 1. The summed E-state index contributed by atoms with van der Waals surface area (Å²) in [6.45, 7) is 5.99. The van der Waals surface area contributed by atoms with Gasteiger partial charge in [0.1, 0.15) is 11.4 Å². The van der Waals surface area contributed by atoms with Crippen LogP contribution in [0.3, 0.4) is 0 Å². The molecule has 0 saturated heterocycles. The van der Waals surface area contributed by atoms with Crippen LogP contribution in [0.25, 0.3) is 5.57 Å². The van der Waals surface area contributed by atoms with E-state index in [2.05, 4.69) is 5.32 Å². The number of hydrogen-bond donors (Lipinski definition) is 1. The smallest absolute Gasteiger partial charge is 0.278 e. The molecule has 0 aromatic heterocycles. The van der Waals surface area contributed by atoms with E-state index in [0.717, 1.165) is 11.3 Å². The molecule has 3 aromatic carbocycles. The fourth-order valence-corrected chi connectivity index (χ4v) is 3.85. The topological polar surface area (TPSA) is 58.6 Å². The lowest BCUT2D eigenvalue weighted by molar-refractivity contribution is -0.137. The zero-order valence-electron chi connectivity index (χ0n) is 18.8. The molecule has 33 heavy (non-hydrogen) atoms. The Labute approximate surface area is 198 Å². The molecule has 168 valence electrons. The molecule has 0 aliphatic carbocycles. The van der Waals surface area contributed by atoms with Crippen molar-refractivity contribution in [1.29, 1.82) is 0 Å². The second-order valence-corrected chi connectivity index (χ2v) is 8.63. The molecule has 0 fully saturated rings. The molecule has 0 saturated carbocycles. The third-order valence-electron chi connectivity index (χ3n) is 5.29. The minimum atomic E-state index is -0.391. The SMILES string of the molecule is Cc1ccc(C2=C(Nc3ccc(OC(C)C)cc3)C(=O)N(Cc3ccccc3Cl)C2=O)cc1. The van der Waals surface area contributed by atoms with Crippen molar-refractivity contribution in [2.45, 2.75) is 33.4 Å². The molecule has 0 bridgehead atoms. The minimum absolute atomic E-state index is 0.0621. The second kappa shape index (κ2) is 9.51. The maximum Gasteiger partial charge on any atom is 0.278 e. The normalized spacial score (nSPS) is 13.8. The van der Waals surface area contributed by atoms with Gasteiger partial charge in [0, 0.05) is 10.7 Å². The molecular weight excluding hydrogens is 436 g/mol. The molecule has 0 radical (unpaired) electrons. The number of anilines is 1. The molecule has 3 aromatic rings. The largest absolute Gasteiger partial charge is 0.491 e. The summed E-state index contributed by atoms with van der Waals surface area (Å²) in [4.78, 5) is 28.1. The average molecular weight is 461 g/mol. The molecule has 1 N–H and O–H groups in total. The van der Waals surface area contributed by atoms with Crippen molar-refractivity contribution in [1.82, 2.24) is 4.90 Å². The Kier molecular flexibility index (Phi) is 6.52. The Morgan fingerprint density at radius 2 is 1.58 bits per heavy atom. The summed E-state index contributed by atoms with van der Waals surface area (Å²) in [5, 5.41) is 3.69. The molecule has 2 amide bonds. The molecule has 6 heteroatoms. The predicted molar refractivity (Wildman–Crippen MR) is 131 cm³/mol. The predicted octanol–water partition coefficient (Wildman–Crippen LogP) is 5.83. The van der Waals surface area contributed by atoms with Gasteiger partial charge in [0.15, 0.2) is 0 Å². The van der Waals surface area contributed by atoms with Crippen molar-refractivity contribution in [3.63, 3.8) is 0 Å². The Balaban J connectivity index is 1.69. The summed E-state index contributed by atoms with van der Waals surface area (Å²) in [5.41, 5.74) is 3.73. The second-order valence-electron chi connectivity index (χ2n) is 8.22. The van der Waals surface area contributed by atoms with E-state index < -0.39 is 5.91 Å². The van der Waals surface area contributed by atoms with Gasteiger partial charge in [-0.3, -0.25) is 14.5 Å². The van der Waals surface area contributed by atoms with Gasteiger partial charge in [-0.05, 0) is 62.2 Å². The van der Waals surface area contributed by atoms with E-state index in [0.29, 0.717) is 27.4 Å². The van der Waals surface area contributed by atoms with E-state index in [4.69, 9.17) is 16.3 Å². The van der Waals surface area contributed by atoms with Crippen LogP contribution in [0.1, 0.15) is 30.5 Å². The van der Waals surface area contributed by atoms with Gasteiger partial charge < -0.3 is 10.1 Å². The highest BCUT2D eigenvalue weighted by molar-refractivity contribution is 6.36. The van der Waals surface area contributed by atoms with Crippen molar-refractivity contribution in [2.75, 3.05) is 5.32 Å². The van der Waals surface area contributed by atoms with Crippen LogP contribution < -0.4 is 10.1 Å². The minimum Gasteiger partial charge on any atom is -0.491 e. The molecule has 1 heterocycles. The van der Waals surface area contributed by atoms with E-state index in [1.165, 1.54) is 4.90 Å². The molecule has 1 aliphatic rings. The van der Waals surface area contributed by atoms with Crippen LogP contribution in [-0.4, -0.2) is 22.8 Å². The number of halogens is 1. The summed E-state index contributed by atoms with van der Waals surface area (Å²) in [6, 6.07) is 22.1. The maximum absolute atomic E-state index is 13.4. The fourth-order valence-electron chi connectivity index (χ4n) is 3.65. The van der Waals surface area contributed by atoms with Gasteiger partial charge in [-0.2, -0.15) is 0 Å². The Morgan fingerprint density at radius 3 is 2.21 bits per heavy atom. The van der Waals surface area contributed by atoms with E-state index >= 15 is 0 Å². The molecular formula is C27H25ClN2O3. The number of nitrogens with one attached hydrogen (secondary N) is 1. The highest BCUT2D eigenvalue weighted by atomic mass is 35.5. The lowest BCUT2D eigenvalue weighted by atomic mass is 10.0. The van der Waals surface area contributed by atoms with Crippen LogP contribution in [0, 0.1) is 6.92 Å². The van der Waals surface area contributed by atoms with Crippen LogP contribution in [0.15, 0.2) is 78.5 Å². The highest BCUT2D eigenvalue weighted by Gasteiger charge is 2.39. The van der Waals surface area contributed by atoms with E-state index in [9.17, 15) is 9.59 Å². The van der Waals surface area contributed by atoms with Gasteiger partial charge in [0.25, 0.3) is 11.8 Å². The number of rotatable bonds is 7. The van der Waals surface area contributed by atoms with Crippen LogP contribution in [0.5, 0.6) is 5.75 Å². The van der Waals surface area contributed by atoms with Gasteiger partial charge >= 0.3 is 0 Å². The standard InChI is InChI=1S/C27H25ClN2O3/c1-17(2)33-22-14-12-21(13-15-22)29-25-24(19-10-8-18(3)9-11-19)26(31)30(27(25)32)16-20-6-4-5-7-23(20)28/h4-15,17,29H,16H2,1-3H3. The van der Waals surface area contributed by atoms with Gasteiger partial charge in [0.2, 0.25) is 0 Å². The molecule has 5 nitrogen and oxygen atoms in total. The maximum atomic E-state index is 13.4. The van der Waals surface area contributed by atoms with Crippen molar-refractivity contribution in [3.8, 4) is 5.75 Å². The number of carbonyl (C=O) groups is 2. The van der Waals surface area contributed by atoms with Crippen LogP contribution in [0.4, 0.5) is 5.69 Å². The number of amides is 2. The third kappa shape index (κ3) is 4.94. The van der Waals surface area contributed by atoms with Gasteiger partial charge in [0.05, 0.1) is 18.2 Å². The van der Waals surface area contributed by atoms with Gasteiger partial charge in [-0.1, -0.05) is 59.6 Å². The zero-order valence-corrected chi connectivity index (χ0v) is 19.5. The number of imide groups is 1. The quantitative estimate of drug-likeness (QED) is 0.451. The third-order valence-corrected chi connectivity index (χ3v) is 5.66. The van der Waals surface area contributed by atoms with E-state index in [1.807, 2.05) is 87.5 Å². The number of hydrogen-bond acceptors (Lipinski definition) is 4. The fraction of sp³-hybridized carbons (Fsp3) is 0.185. The lowest BCUT2D eigenvalue weighted by Crippen LogP contribution is -2.32. The van der Waals surface area contributed by atoms with Crippen molar-refractivity contribution in [2.24, 2.45) is 0 Å². The number of benzene rings is 3. The first-order chi connectivity index (χ1) is 15.8. The molecule has 0 spiro atoms. The van der Waals surface area contributed by atoms with Crippen molar-refractivity contribution >= 4 is 34.7 Å². The first kappa shape index (κ1) is 22.6. The van der Waals surface area contributed by atoms with Crippen molar-refractivity contribution < 1.29 is 14.3 Å². The number of ether oxygens (including phenoxy) is 1. The van der Waals surface area contributed by atoms with Gasteiger partial charge in [-0.15, -0.1) is 0 Å².